The van der Waals surface area contributed by atoms with Crippen LogP contribution in [-0.4, -0.2) is 37.9 Å². The Morgan fingerprint density at radius 2 is 1.92 bits per heavy atom. The van der Waals surface area contributed by atoms with E-state index in [2.05, 4.69) is 63.3 Å². The van der Waals surface area contributed by atoms with Gasteiger partial charge in [0.1, 0.15) is 6.33 Å². The van der Waals surface area contributed by atoms with E-state index in [9.17, 15) is 9.59 Å². The molecule has 1 aliphatic carbocycles. The number of benzene rings is 3. The minimum Gasteiger partial charge on any atom is -0.346 e. The van der Waals surface area contributed by atoms with Gasteiger partial charge >= 0.3 is 0 Å². The molecule has 1 aliphatic rings. The molecule has 4 aromatic rings. The Bertz CT molecular complexity index is 1400. The number of ketones is 1. The maximum Gasteiger partial charge on any atom is 0.223 e. The standard InChI is InChI=1S/C29H30ClN5O2/c1-19(28(36)14-11-23-17-25(30)12-13-27(23)35-18-31-33-34-35)32-29(37)24-10-9-20(16-24)15-22-7-4-6-21-5-2-3-8-26(21)22/h2-8,12-13,17-20,24H,9-11,14-16H2,1H3,(H,32,37)/t19-,20-,24+/m0/s1. The van der Waals surface area contributed by atoms with E-state index in [-0.39, 0.29) is 24.0 Å². The van der Waals surface area contributed by atoms with Gasteiger partial charge in [0.05, 0.1) is 11.7 Å². The lowest BCUT2D eigenvalue weighted by Crippen LogP contribution is -2.41. The van der Waals surface area contributed by atoms with Gasteiger partial charge in [-0.25, -0.2) is 4.68 Å². The molecule has 1 saturated carbocycles. The van der Waals surface area contributed by atoms with Crippen LogP contribution in [0.2, 0.25) is 5.02 Å². The number of rotatable bonds is 9. The maximum absolute atomic E-state index is 13.0. The Morgan fingerprint density at radius 3 is 2.76 bits per heavy atom. The number of aryl methyl sites for hydroxylation is 1. The van der Waals surface area contributed by atoms with Crippen molar-refractivity contribution in [1.82, 2.24) is 25.5 Å². The zero-order valence-corrected chi connectivity index (χ0v) is 21.6. The van der Waals surface area contributed by atoms with Crippen LogP contribution in [0.15, 0.2) is 67.0 Å². The monoisotopic (exact) mass is 515 g/mol. The molecule has 37 heavy (non-hydrogen) atoms. The van der Waals surface area contributed by atoms with Crippen LogP contribution in [0.1, 0.15) is 43.7 Å². The third-order valence-electron chi connectivity index (χ3n) is 7.42. The van der Waals surface area contributed by atoms with Gasteiger partial charge in [0.2, 0.25) is 5.91 Å². The molecule has 1 fully saturated rings. The van der Waals surface area contributed by atoms with Crippen molar-refractivity contribution in [3.63, 3.8) is 0 Å². The number of Topliss-reactive ketones (excluding diaryl/α,β-unsaturated/α-hetero) is 1. The van der Waals surface area contributed by atoms with Crippen molar-refractivity contribution in [2.75, 3.05) is 0 Å². The Morgan fingerprint density at radius 1 is 1.08 bits per heavy atom. The fraction of sp³-hybridized carbons (Fsp3) is 0.345. The minimum atomic E-state index is -0.541. The van der Waals surface area contributed by atoms with E-state index in [4.69, 9.17) is 11.6 Å². The molecule has 190 valence electrons. The Labute approximate surface area is 221 Å². The van der Waals surface area contributed by atoms with E-state index in [1.165, 1.54) is 22.7 Å². The fourth-order valence-electron chi connectivity index (χ4n) is 5.42. The second kappa shape index (κ2) is 11.2. The molecule has 3 aromatic carbocycles. The number of tetrazole rings is 1. The molecule has 0 saturated heterocycles. The number of carbonyl (C=O) groups excluding carboxylic acids is 2. The van der Waals surface area contributed by atoms with Gasteiger partial charge in [0, 0.05) is 17.4 Å². The number of amides is 1. The van der Waals surface area contributed by atoms with Gasteiger partial charge in [-0.2, -0.15) is 0 Å². The van der Waals surface area contributed by atoms with Crippen molar-refractivity contribution >= 4 is 34.1 Å². The van der Waals surface area contributed by atoms with Crippen molar-refractivity contribution < 1.29 is 9.59 Å². The summed E-state index contributed by atoms with van der Waals surface area (Å²) in [7, 11) is 0. The van der Waals surface area contributed by atoms with E-state index in [1.807, 2.05) is 12.1 Å². The number of fused-ring (bicyclic) bond motifs is 1. The van der Waals surface area contributed by atoms with E-state index >= 15 is 0 Å². The molecule has 3 atom stereocenters. The van der Waals surface area contributed by atoms with Gasteiger partial charge in [-0.05, 0) is 95.5 Å². The lowest BCUT2D eigenvalue weighted by atomic mass is 9.93. The second-order valence-electron chi connectivity index (χ2n) is 9.94. The number of carbonyl (C=O) groups is 2. The summed E-state index contributed by atoms with van der Waals surface area (Å²) in [6.45, 7) is 1.77. The van der Waals surface area contributed by atoms with Crippen LogP contribution in [0, 0.1) is 11.8 Å². The van der Waals surface area contributed by atoms with Gasteiger partial charge < -0.3 is 5.32 Å². The molecule has 7 nitrogen and oxygen atoms in total. The Hall–Kier alpha value is -3.58. The van der Waals surface area contributed by atoms with Gasteiger partial charge in [-0.1, -0.05) is 54.1 Å². The molecular weight excluding hydrogens is 486 g/mol. The molecule has 0 aliphatic heterocycles. The molecule has 1 aromatic heterocycles. The maximum atomic E-state index is 13.0. The smallest absolute Gasteiger partial charge is 0.223 e. The molecule has 0 unspecified atom stereocenters. The third-order valence-corrected chi connectivity index (χ3v) is 7.66. The molecule has 1 heterocycles. The first-order valence-electron chi connectivity index (χ1n) is 12.8. The molecule has 1 amide bonds. The van der Waals surface area contributed by atoms with Crippen molar-refractivity contribution in [2.45, 2.75) is 51.5 Å². The predicted molar refractivity (Wildman–Crippen MR) is 144 cm³/mol. The minimum absolute atomic E-state index is 0.0127. The predicted octanol–water partition coefficient (Wildman–Crippen LogP) is 5.13. The van der Waals surface area contributed by atoms with Crippen LogP contribution in [0.3, 0.4) is 0 Å². The van der Waals surface area contributed by atoms with Crippen LogP contribution < -0.4 is 5.32 Å². The number of nitrogens with zero attached hydrogens (tertiary/aromatic N) is 4. The average Bonchev–Trinajstić information content (AvgIpc) is 3.60. The quantitative estimate of drug-likeness (QED) is 0.333. The summed E-state index contributed by atoms with van der Waals surface area (Å²) in [6.07, 6.45) is 5.98. The Balaban J connectivity index is 1.14. The van der Waals surface area contributed by atoms with Crippen LogP contribution in [0.5, 0.6) is 0 Å². The summed E-state index contributed by atoms with van der Waals surface area (Å²) in [5.74, 6) is 0.398. The summed E-state index contributed by atoms with van der Waals surface area (Å²) in [6, 6.07) is 19.8. The highest BCUT2D eigenvalue weighted by atomic mass is 35.5. The zero-order valence-electron chi connectivity index (χ0n) is 20.8. The van der Waals surface area contributed by atoms with Crippen LogP contribution in [0.25, 0.3) is 16.5 Å². The first-order chi connectivity index (χ1) is 18.0. The van der Waals surface area contributed by atoms with Gasteiger partial charge in [-0.3, -0.25) is 9.59 Å². The molecule has 5 rings (SSSR count). The van der Waals surface area contributed by atoms with E-state index in [0.717, 1.165) is 36.9 Å². The van der Waals surface area contributed by atoms with E-state index in [1.54, 1.807) is 17.7 Å². The van der Waals surface area contributed by atoms with Gasteiger partial charge in [0.15, 0.2) is 5.78 Å². The highest BCUT2D eigenvalue weighted by Gasteiger charge is 2.31. The summed E-state index contributed by atoms with van der Waals surface area (Å²) in [5, 5.41) is 17.4. The van der Waals surface area contributed by atoms with Gasteiger partial charge in [0.25, 0.3) is 0 Å². The number of hydrogen-bond donors (Lipinski definition) is 1. The lowest BCUT2D eigenvalue weighted by Gasteiger charge is -2.17. The lowest BCUT2D eigenvalue weighted by molar-refractivity contribution is -0.129. The number of aromatic nitrogens is 4. The summed E-state index contributed by atoms with van der Waals surface area (Å²) >= 11 is 6.19. The molecule has 1 N–H and O–H groups in total. The molecule has 0 spiro atoms. The molecule has 0 radical (unpaired) electrons. The fourth-order valence-corrected chi connectivity index (χ4v) is 5.61. The van der Waals surface area contributed by atoms with Crippen molar-refractivity contribution in [3.05, 3.63) is 83.1 Å². The highest BCUT2D eigenvalue weighted by Crippen LogP contribution is 2.35. The molecule has 8 heteroatoms. The van der Waals surface area contributed by atoms with Crippen LogP contribution in [0.4, 0.5) is 0 Å². The highest BCUT2D eigenvalue weighted by molar-refractivity contribution is 6.30. The first-order valence-corrected chi connectivity index (χ1v) is 13.2. The van der Waals surface area contributed by atoms with Crippen molar-refractivity contribution in [2.24, 2.45) is 11.8 Å². The number of halogens is 1. The van der Waals surface area contributed by atoms with Crippen molar-refractivity contribution in [1.29, 1.82) is 0 Å². The summed E-state index contributed by atoms with van der Waals surface area (Å²) < 4.78 is 1.55. The topological polar surface area (TPSA) is 89.8 Å². The Kier molecular flexibility index (Phi) is 7.60. The van der Waals surface area contributed by atoms with Crippen LogP contribution >= 0.6 is 11.6 Å². The largest absolute Gasteiger partial charge is 0.346 e. The number of hydrogen-bond acceptors (Lipinski definition) is 5. The summed E-state index contributed by atoms with van der Waals surface area (Å²) in [4.78, 5) is 25.9. The third kappa shape index (κ3) is 5.88. The SMILES string of the molecule is C[C@H](NC(=O)[C@@H]1CC[C@@H](Cc2cccc3ccccc23)C1)C(=O)CCc1cc(Cl)ccc1-n1cnnn1. The summed E-state index contributed by atoms with van der Waals surface area (Å²) in [5.41, 5.74) is 3.00. The van der Waals surface area contributed by atoms with E-state index < -0.39 is 6.04 Å². The van der Waals surface area contributed by atoms with Gasteiger partial charge in [-0.15, -0.1) is 5.10 Å². The first kappa shape index (κ1) is 25.1. The van der Waals surface area contributed by atoms with Crippen LogP contribution in [-0.2, 0) is 22.4 Å². The molecular formula is C29H30ClN5O2. The number of nitrogens with one attached hydrogen (secondary N) is 1. The normalized spacial score (nSPS) is 18.1. The molecule has 0 bridgehead atoms. The van der Waals surface area contributed by atoms with Crippen molar-refractivity contribution in [3.8, 4) is 5.69 Å². The van der Waals surface area contributed by atoms with E-state index in [0.29, 0.717) is 17.4 Å². The second-order valence-corrected chi connectivity index (χ2v) is 10.4. The average molecular weight is 516 g/mol. The zero-order chi connectivity index (χ0) is 25.8.